The summed E-state index contributed by atoms with van der Waals surface area (Å²) in [5.74, 6) is -0.176. The van der Waals surface area contributed by atoms with Crippen molar-refractivity contribution in [2.75, 3.05) is 0 Å². The van der Waals surface area contributed by atoms with Crippen LogP contribution in [0.3, 0.4) is 0 Å². The Morgan fingerprint density at radius 2 is 1.35 bits per heavy atom. The van der Waals surface area contributed by atoms with Crippen LogP contribution in [-0.2, 0) is 7.57 Å². The quantitative estimate of drug-likeness (QED) is 0.495. The number of carbonyl (C=O) groups is 1. The van der Waals surface area contributed by atoms with Gasteiger partial charge in [-0.1, -0.05) is 0 Å². The summed E-state index contributed by atoms with van der Waals surface area (Å²) in [5, 5.41) is 1.85. The van der Waals surface area contributed by atoms with E-state index in [1.165, 1.54) is 26.6 Å². The molecule has 0 aliphatic heterocycles. The molecule has 4 heteroatoms. The van der Waals surface area contributed by atoms with Crippen LogP contribution in [0.5, 0.6) is 0 Å². The molecule has 0 aliphatic carbocycles. The zero-order valence-electron chi connectivity index (χ0n) is 16.8. The van der Waals surface area contributed by atoms with Crippen molar-refractivity contribution in [1.29, 1.82) is 0 Å². The van der Waals surface area contributed by atoms with Crippen LogP contribution in [0.2, 0.25) is 0 Å². The fourth-order valence-corrected chi connectivity index (χ4v) is 9.99. The Bertz CT molecular complexity index is 758. The Labute approximate surface area is 171 Å². The molecule has 0 radical (unpaired) electrons. The zero-order chi connectivity index (χ0) is 19.5. The molecule has 2 aromatic carbocycles. The molecule has 0 bridgehead atoms. The molecular weight excluding hydrogens is 536 g/mol. The van der Waals surface area contributed by atoms with Gasteiger partial charge in [0.2, 0.25) is 0 Å². The Morgan fingerprint density at radius 3 is 1.88 bits per heavy atom. The molecule has 2 rings (SSSR count). The number of benzene rings is 2. The second-order valence-corrected chi connectivity index (χ2v) is 15.2. The first kappa shape index (κ1) is 21.5. The molecule has 0 heterocycles. The first-order valence-corrected chi connectivity index (χ1v) is 13.1. The van der Waals surface area contributed by atoms with E-state index in [2.05, 4.69) is 84.0 Å². The van der Waals surface area contributed by atoms with E-state index in [1.807, 2.05) is 6.07 Å². The van der Waals surface area contributed by atoms with E-state index in [-0.39, 0.29) is 16.3 Å². The molecule has 0 N–H and O–H groups in total. The van der Waals surface area contributed by atoms with Crippen LogP contribution in [0.1, 0.15) is 48.5 Å². The van der Waals surface area contributed by atoms with Crippen LogP contribution in [0.15, 0.2) is 48.5 Å². The molecule has 0 aliphatic rings. The minimum atomic E-state index is -1.36. The zero-order valence-corrected chi connectivity index (χ0v) is 20.9. The summed E-state index contributed by atoms with van der Waals surface area (Å²) < 4.78 is 6.67. The van der Waals surface area contributed by atoms with Crippen molar-refractivity contribution >= 4 is 46.4 Å². The summed E-state index contributed by atoms with van der Waals surface area (Å²) in [4.78, 5) is 11.3. The van der Waals surface area contributed by atoms with Crippen molar-refractivity contribution in [3.05, 3.63) is 48.5 Å². The summed E-state index contributed by atoms with van der Waals surface area (Å²) in [6.07, 6.45) is 0. The molecule has 0 fully saturated rings. The van der Waals surface area contributed by atoms with Gasteiger partial charge in [0, 0.05) is 0 Å². The second kappa shape index (κ2) is 8.50. The molecule has 26 heavy (non-hydrogen) atoms. The summed E-state index contributed by atoms with van der Waals surface area (Å²) >= 11 is -1.36. The number of carbonyl (C=O) groups excluding carboxylic acids is 1. The van der Waals surface area contributed by atoms with Gasteiger partial charge in [-0.25, -0.2) is 0 Å². The van der Waals surface area contributed by atoms with Crippen LogP contribution in [0.25, 0.3) is 11.1 Å². The van der Waals surface area contributed by atoms with Crippen LogP contribution >= 0.6 is 7.92 Å². The summed E-state index contributed by atoms with van der Waals surface area (Å²) in [7, 11) is -0.406. The normalized spacial score (nSPS) is 12.3. The summed E-state index contributed by atoms with van der Waals surface area (Å²) in [6, 6.07) is 17.2. The van der Waals surface area contributed by atoms with Crippen LogP contribution in [0, 0.1) is 0 Å². The van der Waals surface area contributed by atoms with Gasteiger partial charge in [-0.15, -0.1) is 0 Å². The Morgan fingerprint density at radius 1 is 0.846 bits per heavy atom. The van der Waals surface area contributed by atoms with Crippen molar-refractivity contribution in [3.8, 4) is 11.1 Å². The predicted molar refractivity (Wildman–Crippen MR) is 115 cm³/mol. The van der Waals surface area contributed by atoms with Crippen LogP contribution in [0.4, 0.5) is 0 Å². The first-order valence-electron chi connectivity index (χ1n) is 8.85. The molecule has 0 atom stereocenters. The molecular formula is C22H29O2PPo. The average Bonchev–Trinajstić information content (AvgIpc) is 2.51. The predicted octanol–water partition coefficient (Wildman–Crippen LogP) is 4.87. The van der Waals surface area contributed by atoms with E-state index >= 15 is 0 Å². The SMILES string of the molecule is CC(=O)[O][Po][c]1ccccc1-c1ccccc1P(C(C)(C)C)C(C)(C)C. The van der Waals surface area contributed by atoms with Gasteiger partial charge < -0.3 is 0 Å². The third-order valence-corrected chi connectivity index (χ3v) is 10.8. The molecule has 0 unspecified atom stereocenters. The van der Waals surface area contributed by atoms with Gasteiger partial charge in [0.25, 0.3) is 0 Å². The third kappa shape index (κ3) is 5.37. The third-order valence-electron chi connectivity index (χ3n) is 3.91. The van der Waals surface area contributed by atoms with Gasteiger partial charge in [0.15, 0.2) is 0 Å². The van der Waals surface area contributed by atoms with Crippen LogP contribution < -0.4 is 8.53 Å². The topological polar surface area (TPSA) is 26.3 Å². The molecule has 0 saturated carbocycles. The van der Waals surface area contributed by atoms with E-state index < -0.39 is 31.9 Å². The maximum atomic E-state index is 11.3. The second-order valence-electron chi connectivity index (χ2n) is 8.35. The van der Waals surface area contributed by atoms with Crippen LogP contribution in [-0.4, -0.2) is 40.3 Å². The van der Waals surface area contributed by atoms with Gasteiger partial charge >= 0.3 is 172 Å². The number of hydrogen-bond donors (Lipinski definition) is 0. The fourth-order valence-electron chi connectivity index (χ4n) is 3.49. The van der Waals surface area contributed by atoms with E-state index in [4.69, 9.17) is 2.77 Å². The molecule has 2 nitrogen and oxygen atoms in total. The van der Waals surface area contributed by atoms with Gasteiger partial charge in [0.1, 0.15) is 0 Å². The first-order chi connectivity index (χ1) is 12.0. The van der Waals surface area contributed by atoms with Gasteiger partial charge in [-0.2, -0.15) is 0 Å². The Balaban J connectivity index is 2.62. The van der Waals surface area contributed by atoms with Crippen molar-refractivity contribution in [3.63, 3.8) is 0 Å². The molecule has 0 amide bonds. The van der Waals surface area contributed by atoms with Crippen molar-refractivity contribution in [2.24, 2.45) is 0 Å². The molecule has 2 aromatic rings. The summed E-state index contributed by atoms with van der Waals surface area (Å²) in [6.45, 7) is 15.6. The molecule has 0 spiro atoms. The molecule has 0 aromatic heterocycles. The van der Waals surface area contributed by atoms with Gasteiger partial charge in [0.05, 0.1) is 0 Å². The van der Waals surface area contributed by atoms with Crippen molar-refractivity contribution < 1.29 is 7.57 Å². The minimum absolute atomic E-state index is 0.176. The maximum absolute atomic E-state index is 11.3. The van der Waals surface area contributed by atoms with Gasteiger partial charge in [-0.3, -0.25) is 0 Å². The number of hydrogen-bond acceptors (Lipinski definition) is 2. The number of rotatable bonds is 4. The Hall–Kier alpha value is -0.764. The summed E-state index contributed by atoms with van der Waals surface area (Å²) in [5.41, 5.74) is 2.53. The van der Waals surface area contributed by atoms with E-state index in [1.54, 1.807) is 0 Å². The van der Waals surface area contributed by atoms with Crippen molar-refractivity contribution in [1.82, 2.24) is 0 Å². The van der Waals surface area contributed by atoms with E-state index in [0.717, 1.165) is 0 Å². The Kier molecular flexibility index (Phi) is 7.04. The van der Waals surface area contributed by atoms with E-state index in [0.29, 0.717) is 0 Å². The average molecular weight is 565 g/mol. The fraction of sp³-hybridized carbons (Fsp3) is 0.409. The molecule has 0 saturated heterocycles. The van der Waals surface area contributed by atoms with Gasteiger partial charge in [-0.05, 0) is 0 Å². The van der Waals surface area contributed by atoms with E-state index in [9.17, 15) is 4.79 Å². The van der Waals surface area contributed by atoms with Crippen molar-refractivity contribution in [2.45, 2.75) is 58.8 Å². The molecule has 140 valence electrons. The monoisotopic (exact) mass is 565 g/mol. The standard InChI is InChI=1S/C20H26P.C2H4O2.Po/c1-19(2,3)21(20(4,5)6)18-15-11-10-14-17(18)16-12-8-7-9-13-16;1-2(3)4;/h7-12,14-15H,1-6H3;1H3,(H,3,4);/q;;+1/p-1.